The summed E-state index contributed by atoms with van der Waals surface area (Å²) < 4.78 is 5.14. The van der Waals surface area contributed by atoms with Gasteiger partial charge in [0.05, 0.1) is 12.0 Å². The number of nitrogens with zero attached hydrogens (tertiary/aromatic N) is 4. The van der Waals surface area contributed by atoms with Crippen molar-refractivity contribution >= 4 is 34.5 Å². The standard InChI is InChI=1S/C22H20N6O3S/c1-14-5-8-16(12-18(14)24-22(30)19-4-3-11-32-19)23-20(29)13-28-26-21(25-27-28)15-6-9-17(31-2)10-7-15/h3-12H,13H2,1-2H3,(H,23,29)(H,24,30). The molecule has 10 heteroatoms. The van der Waals surface area contributed by atoms with Crippen LogP contribution >= 0.6 is 11.3 Å². The van der Waals surface area contributed by atoms with Gasteiger partial charge in [0.1, 0.15) is 12.3 Å². The molecule has 32 heavy (non-hydrogen) atoms. The third-order valence-corrected chi connectivity index (χ3v) is 5.47. The molecule has 0 spiro atoms. The topological polar surface area (TPSA) is 111 Å². The van der Waals surface area contributed by atoms with E-state index in [2.05, 4.69) is 26.0 Å². The van der Waals surface area contributed by atoms with Crippen LogP contribution in [0.1, 0.15) is 15.2 Å². The molecule has 162 valence electrons. The van der Waals surface area contributed by atoms with Gasteiger partial charge in [-0.25, -0.2) is 0 Å². The number of tetrazole rings is 1. The van der Waals surface area contributed by atoms with Gasteiger partial charge in [-0.3, -0.25) is 9.59 Å². The predicted octanol–water partition coefficient (Wildman–Crippen LogP) is 3.61. The number of hydrogen-bond acceptors (Lipinski definition) is 7. The van der Waals surface area contributed by atoms with E-state index in [0.717, 1.165) is 16.9 Å². The van der Waals surface area contributed by atoms with Crippen LogP contribution in [0.2, 0.25) is 0 Å². The Labute approximate surface area is 188 Å². The molecule has 0 fully saturated rings. The number of aryl methyl sites for hydroxylation is 1. The van der Waals surface area contributed by atoms with Crippen molar-refractivity contribution in [3.05, 3.63) is 70.4 Å². The van der Waals surface area contributed by atoms with E-state index in [-0.39, 0.29) is 18.4 Å². The lowest BCUT2D eigenvalue weighted by Gasteiger charge is -2.11. The first kappa shape index (κ1) is 21.2. The average molecular weight is 449 g/mol. The van der Waals surface area contributed by atoms with E-state index in [1.54, 1.807) is 37.4 Å². The molecular weight excluding hydrogens is 428 g/mol. The van der Waals surface area contributed by atoms with Gasteiger partial charge in [0, 0.05) is 16.9 Å². The summed E-state index contributed by atoms with van der Waals surface area (Å²) in [4.78, 5) is 26.6. The Hall–Kier alpha value is -4.05. The van der Waals surface area contributed by atoms with E-state index in [1.165, 1.54) is 16.1 Å². The monoisotopic (exact) mass is 448 g/mol. The second-order valence-corrected chi connectivity index (χ2v) is 7.83. The van der Waals surface area contributed by atoms with Crippen molar-refractivity contribution in [1.29, 1.82) is 0 Å². The molecule has 2 amide bonds. The van der Waals surface area contributed by atoms with E-state index in [4.69, 9.17) is 4.74 Å². The van der Waals surface area contributed by atoms with Crippen molar-refractivity contribution in [3.8, 4) is 17.1 Å². The number of carbonyl (C=O) groups is 2. The maximum atomic E-state index is 12.5. The van der Waals surface area contributed by atoms with Crippen molar-refractivity contribution < 1.29 is 14.3 Å². The summed E-state index contributed by atoms with van der Waals surface area (Å²) in [5.41, 5.74) is 2.83. The van der Waals surface area contributed by atoms with E-state index in [9.17, 15) is 9.59 Å². The third kappa shape index (κ3) is 4.98. The zero-order chi connectivity index (χ0) is 22.5. The Morgan fingerprint density at radius 1 is 1.09 bits per heavy atom. The average Bonchev–Trinajstić information content (AvgIpc) is 3.49. The number of hydrogen-bond donors (Lipinski definition) is 2. The van der Waals surface area contributed by atoms with Gasteiger partial charge >= 0.3 is 0 Å². The van der Waals surface area contributed by atoms with Crippen LogP contribution < -0.4 is 15.4 Å². The van der Waals surface area contributed by atoms with Gasteiger partial charge in [-0.2, -0.15) is 4.80 Å². The van der Waals surface area contributed by atoms with Gasteiger partial charge in [0.25, 0.3) is 5.91 Å². The molecule has 0 saturated carbocycles. The van der Waals surface area contributed by atoms with Crippen molar-refractivity contribution in [3.63, 3.8) is 0 Å². The van der Waals surface area contributed by atoms with Gasteiger partial charge in [-0.1, -0.05) is 12.1 Å². The lowest BCUT2D eigenvalue weighted by Crippen LogP contribution is -2.20. The molecule has 2 N–H and O–H groups in total. The Bertz CT molecular complexity index is 1240. The van der Waals surface area contributed by atoms with E-state index < -0.39 is 0 Å². The molecule has 0 aliphatic rings. The number of benzene rings is 2. The van der Waals surface area contributed by atoms with Crippen LogP contribution in [0.5, 0.6) is 5.75 Å². The molecule has 2 heterocycles. The Morgan fingerprint density at radius 3 is 2.62 bits per heavy atom. The minimum atomic E-state index is -0.317. The quantitative estimate of drug-likeness (QED) is 0.447. The number of anilines is 2. The number of rotatable bonds is 7. The molecule has 4 aromatic rings. The number of amides is 2. The minimum Gasteiger partial charge on any atom is -0.497 e. The summed E-state index contributed by atoms with van der Waals surface area (Å²) in [5, 5.41) is 19.7. The number of carbonyl (C=O) groups excluding carboxylic acids is 2. The molecule has 0 aliphatic heterocycles. The van der Waals surface area contributed by atoms with Crippen LogP contribution in [0.4, 0.5) is 11.4 Å². The second kappa shape index (κ2) is 9.40. The summed E-state index contributed by atoms with van der Waals surface area (Å²) >= 11 is 1.36. The summed E-state index contributed by atoms with van der Waals surface area (Å²) in [6, 6.07) is 16.1. The van der Waals surface area contributed by atoms with Crippen LogP contribution in [0.3, 0.4) is 0 Å². The van der Waals surface area contributed by atoms with Gasteiger partial charge in [0.15, 0.2) is 0 Å². The summed E-state index contributed by atoms with van der Waals surface area (Å²) in [7, 11) is 1.59. The SMILES string of the molecule is COc1ccc(-c2nnn(CC(=O)Nc3ccc(C)c(NC(=O)c4cccs4)c3)n2)cc1. The van der Waals surface area contributed by atoms with Crippen molar-refractivity contribution in [2.75, 3.05) is 17.7 Å². The number of aromatic nitrogens is 4. The molecule has 0 unspecified atom stereocenters. The fourth-order valence-electron chi connectivity index (χ4n) is 2.92. The molecule has 0 aliphatic carbocycles. The number of ether oxygens (including phenoxy) is 1. The molecule has 2 aromatic carbocycles. The van der Waals surface area contributed by atoms with Gasteiger partial charge in [-0.05, 0) is 65.5 Å². The fraction of sp³-hybridized carbons (Fsp3) is 0.136. The van der Waals surface area contributed by atoms with E-state index in [1.807, 2.05) is 36.6 Å². The van der Waals surface area contributed by atoms with Crippen molar-refractivity contribution in [1.82, 2.24) is 20.2 Å². The number of nitrogens with one attached hydrogen (secondary N) is 2. The maximum Gasteiger partial charge on any atom is 0.265 e. The Morgan fingerprint density at radius 2 is 1.91 bits per heavy atom. The Balaban J connectivity index is 1.40. The van der Waals surface area contributed by atoms with Crippen molar-refractivity contribution in [2.24, 2.45) is 0 Å². The van der Waals surface area contributed by atoms with Crippen LogP contribution in [-0.4, -0.2) is 39.1 Å². The highest BCUT2D eigenvalue weighted by atomic mass is 32.1. The second-order valence-electron chi connectivity index (χ2n) is 6.88. The number of thiophene rings is 1. The molecule has 0 atom stereocenters. The summed E-state index contributed by atoms with van der Waals surface area (Å²) in [6.07, 6.45) is 0. The zero-order valence-electron chi connectivity index (χ0n) is 17.4. The molecule has 2 aromatic heterocycles. The van der Waals surface area contributed by atoms with Gasteiger partial charge in [-0.15, -0.1) is 21.5 Å². The fourth-order valence-corrected chi connectivity index (χ4v) is 3.54. The largest absolute Gasteiger partial charge is 0.497 e. The maximum absolute atomic E-state index is 12.5. The van der Waals surface area contributed by atoms with Crippen LogP contribution in [0, 0.1) is 6.92 Å². The van der Waals surface area contributed by atoms with Crippen LogP contribution in [0.25, 0.3) is 11.4 Å². The highest BCUT2D eigenvalue weighted by molar-refractivity contribution is 7.12. The third-order valence-electron chi connectivity index (χ3n) is 4.60. The lowest BCUT2D eigenvalue weighted by atomic mass is 10.1. The molecule has 0 bridgehead atoms. The first-order valence-corrected chi connectivity index (χ1v) is 10.6. The predicted molar refractivity (Wildman–Crippen MR) is 122 cm³/mol. The molecule has 0 radical (unpaired) electrons. The van der Waals surface area contributed by atoms with Crippen LogP contribution in [-0.2, 0) is 11.3 Å². The van der Waals surface area contributed by atoms with Gasteiger partial charge in [0.2, 0.25) is 11.7 Å². The first-order chi connectivity index (χ1) is 15.5. The minimum absolute atomic E-state index is 0.103. The number of methoxy groups -OCH3 is 1. The van der Waals surface area contributed by atoms with Gasteiger partial charge < -0.3 is 15.4 Å². The molecule has 0 saturated heterocycles. The first-order valence-electron chi connectivity index (χ1n) is 9.69. The Kier molecular flexibility index (Phi) is 6.22. The smallest absolute Gasteiger partial charge is 0.265 e. The highest BCUT2D eigenvalue weighted by Gasteiger charge is 2.12. The zero-order valence-corrected chi connectivity index (χ0v) is 18.2. The summed E-state index contributed by atoms with van der Waals surface area (Å²) in [5.74, 6) is 0.631. The van der Waals surface area contributed by atoms with Crippen LogP contribution in [0.15, 0.2) is 60.0 Å². The highest BCUT2D eigenvalue weighted by Crippen LogP contribution is 2.22. The molecule has 9 nitrogen and oxygen atoms in total. The van der Waals surface area contributed by atoms with Crippen molar-refractivity contribution in [2.45, 2.75) is 13.5 Å². The lowest BCUT2D eigenvalue weighted by molar-refractivity contribution is -0.117. The normalized spacial score (nSPS) is 10.6. The summed E-state index contributed by atoms with van der Waals surface area (Å²) in [6.45, 7) is 1.78. The van der Waals surface area contributed by atoms with E-state index in [0.29, 0.717) is 22.1 Å². The van der Waals surface area contributed by atoms with E-state index >= 15 is 0 Å². The molecule has 4 rings (SSSR count). The molecular formula is C22H20N6O3S.